The first kappa shape index (κ1) is 10.1. The van der Waals surface area contributed by atoms with E-state index in [1.165, 1.54) is 6.42 Å². The molecule has 1 aliphatic heterocycles. The fraction of sp³-hybridized carbons (Fsp3) is 0.455. The quantitative estimate of drug-likeness (QED) is 0.766. The molecule has 2 aromatic heterocycles. The summed E-state index contributed by atoms with van der Waals surface area (Å²) in [6.07, 6.45) is 5.19. The van der Waals surface area contributed by atoms with Crippen molar-refractivity contribution in [3.05, 3.63) is 29.2 Å². The monoisotopic (exact) mass is 237 g/mol. The highest BCUT2D eigenvalue weighted by Crippen LogP contribution is 2.25. The second kappa shape index (κ2) is 4.03. The van der Waals surface area contributed by atoms with Crippen LogP contribution in [0.1, 0.15) is 31.2 Å². The lowest BCUT2D eigenvalue weighted by Gasteiger charge is -2.19. The highest BCUT2D eigenvalue weighted by Gasteiger charge is 2.20. The molecule has 1 fully saturated rings. The fourth-order valence-electron chi connectivity index (χ4n) is 1.95. The summed E-state index contributed by atoms with van der Waals surface area (Å²) >= 11 is 5.90. The molecule has 0 aliphatic carbocycles. The van der Waals surface area contributed by atoms with Gasteiger partial charge >= 0.3 is 0 Å². The molecule has 5 heteroatoms. The third-order valence-corrected chi connectivity index (χ3v) is 3.02. The lowest BCUT2D eigenvalue weighted by atomic mass is 10.1. The second-order valence-electron chi connectivity index (χ2n) is 3.97. The topological polar surface area (TPSA) is 39.4 Å². The van der Waals surface area contributed by atoms with Crippen LogP contribution in [0.3, 0.4) is 0 Å². The summed E-state index contributed by atoms with van der Waals surface area (Å²) in [4.78, 5) is 4.44. The highest BCUT2D eigenvalue weighted by atomic mass is 35.5. The Morgan fingerprint density at radius 3 is 3.19 bits per heavy atom. The van der Waals surface area contributed by atoms with Gasteiger partial charge in [-0.25, -0.2) is 9.50 Å². The van der Waals surface area contributed by atoms with E-state index in [-0.39, 0.29) is 6.10 Å². The molecule has 1 atom stereocenters. The van der Waals surface area contributed by atoms with E-state index >= 15 is 0 Å². The first-order valence-corrected chi connectivity index (χ1v) is 5.84. The van der Waals surface area contributed by atoms with Crippen molar-refractivity contribution in [3.8, 4) is 0 Å². The van der Waals surface area contributed by atoms with Gasteiger partial charge in [-0.2, -0.15) is 0 Å². The normalized spacial score (nSPS) is 21.4. The van der Waals surface area contributed by atoms with Crippen LogP contribution < -0.4 is 0 Å². The van der Waals surface area contributed by atoms with E-state index in [1.807, 2.05) is 6.20 Å². The van der Waals surface area contributed by atoms with Gasteiger partial charge in [0.15, 0.2) is 11.5 Å². The second-order valence-corrected chi connectivity index (χ2v) is 4.41. The van der Waals surface area contributed by atoms with Crippen LogP contribution >= 0.6 is 11.6 Å². The minimum atomic E-state index is 0.0485. The first-order chi connectivity index (χ1) is 7.83. The van der Waals surface area contributed by atoms with Gasteiger partial charge in [-0.3, -0.25) is 0 Å². The van der Waals surface area contributed by atoms with Gasteiger partial charge < -0.3 is 4.74 Å². The molecule has 0 bridgehead atoms. The van der Waals surface area contributed by atoms with Gasteiger partial charge in [-0.1, -0.05) is 11.6 Å². The molecule has 0 N–H and O–H groups in total. The van der Waals surface area contributed by atoms with E-state index in [2.05, 4.69) is 10.1 Å². The van der Waals surface area contributed by atoms with Gasteiger partial charge in [0, 0.05) is 23.9 Å². The summed E-state index contributed by atoms with van der Waals surface area (Å²) in [6.45, 7) is 0.807. The summed E-state index contributed by atoms with van der Waals surface area (Å²) in [5.74, 6) is 0.766. The number of halogens is 1. The number of nitrogens with zero attached hydrogens (tertiary/aromatic N) is 3. The molecule has 0 amide bonds. The van der Waals surface area contributed by atoms with Crippen LogP contribution in [0.15, 0.2) is 18.3 Å². The van der Waals surface area contributed by atoms with Crippen LogP contribution in [0.25, 0.3) is 5.65 Å². The molecule has 0 saturated carbocycles. The van der Waals surface area contributed by atoms with Crippen molar-refractivity contribution in [2.24, 2.45) is 0 Å². The van der Waals surface area contributed by atoms with Crippen LogP contribution in [-0.4, -0.2) is 21.2 Å². The maximum atomic E-state index is 5.90. The van der Waals surface area contributed by atoms with E-state index in [0.29, 0.717) is 5.02 Å². The lowest BCUT2D eigenvalue weighted by Crippen LogP contribution is -2.12. The number of pyridine rings is 1. The molecule has 16 heavy (non-hydrogen) atoms. The van der Waals surface area contributed by atoms with Gasteiger partial charge in [0.05, 0.1) is 0 Å². The highest BCUT2D eigenvalue weighted by molar-refractivity contribution is 6.30. The third-order valence-electron chi connectivity index (χ3n) is 2.78. The Bertz CT molecular complexity index is 505. The van der Waals surface area contributed by atoms with Crippen LogP contribution in [0.4, 0.5) is 0 Å². The van der Waals surface area contributed by atoms with Crippen molar-refractivity contribution in [1.82, 2.24) is 14.6 Å². The predicted octanol–water partition coefficient (Wildman–Crippen LogP) is 2.62. The van der Waals surface area contributed by atoms with Crippen molar-refractivity contribution in [2.75, 3.05) is 6.61 Å². The number of rotatable bonds is 1. The Hall–Kier alpha value is -1.13. The number of ether oxygens (including phenoxy) is 1. The van der Waals surface area contributed by atoms with Gasteiger partial charge in [-0.05, 0) is 25.3 Å². The summed E-state index contributed by atoms with van der Waals surface area (Å²) in [5.41, 5.74) is 0.775. The Morgan fingerprint density at radius 1 is 1.44 bits per heavy atom. The zero-order valence-electron chi connectivity index (χ0n) is 8.77. The van der Waals surface area contributed by atoms with Crippen LogP contribution in [0, 0.1) is 0 Å². The third kappa shape index (κ3) is 1.79. The van der Waals surface area contributed by atoms with Crippen LogP contribution in [-0.2, 0) is 4.74 Å². The number of hydrogen-bond donors (Lipinski definition) is 0. The Labute approximate surface area is 98.2 Å². The van der Waals surface area contributed by atoms with E-state index in [4.69, 9.17) is 16.3 Å². The average molecular weight is 238 g/mol. The molecule has 1 aliphatic rings. The molecule has 84 valence electrons. The SMILES string of the molecule is Clc1ccn2nc(C3CCCCO3)nc2c1. The van der Waals surface area contributed by atoms with Crippen molar-refractivity contribution < 1.29 is 4.74 Å². The maximum absolute atomic E-state index is 5.90. The molecule has 2 aromatic rings. The lowest BCUT2D eigenvalue weighted by molar-refractivity contribution is 0.00962. The number of fused-ring (bicyclic) bond motifs is 1. The smallest absolute Gasteiger partial charge is 0.180 e. The molecule has 3 rings (SSSR count). The molecule has 4 nitrogen and oxygen atoms in total. The zero-order chi connectivity index (χ0) is 11.0. The van der Waals surface area contributed by atoms with E-state index in [1.54, 1.807) is 16.6 Å². The minimum Gasteiger partial charge on any atom is -0.370 e. The summed E-state index contributed by atoms with van der Waals surface area (Å²) in [7, 11) is 0. The van der Waals surface area contributed by atoms with E-state index < -0.39 is 0 Å². The number of hydrogen-bond acceptors (Lipinski definition) is 3. The molecule has 1 saturated heterocycles. The minimum absolute atomic E-state index is 0.0485. The molecule has 3 heterocycles. The van der Waals surface area contributed by atoms with E-state index in [0.717, 1.165) is 30.9 Å². The molecular weight excluding hydrogens is 226 g/mol. The summed E-state index contributed by atoms with van der Waals surface area (Å²) < 4.78 is 7.39. The largest absolute Gasteiger partial charge is 0.370 e. The standard InChI is InChI=1S/C11H12ClN3O/c12-8-4-5-15-10(7-8)13-11(14-15)9-3-1-2-6-16-9/h4-5,7,9H,1-3,6H2. The average Bonchev–Trinajstić information content (AvgIpc) is 2.73. The molecule has 0 radical (unpaired) electrons. The fourth-order valence-corrected chi connectivity index (χ4v) is 2.11. The summed E-state index contributed by atoms with van der Waals surface area (Å²) in [5, 5.41) is 5.08. The van der Waals surface area contributed by atoms with Gasteiger partial charge in [0.25, 0.3) is 0 Å². The van der Waals surface area contributed by atoms with Crippen molar-refractivity contribution in [3.63, 3.8) is 0 Å². The van der Waals surface area contributed by atoms with Crippen molar-refractivity contribution >= 4 is 17.2 Å². The Kier molecular flexibility index (Phi) is 2.53. The van der Waals surface area contributed by atoms with Gasteiger partial charge in [-0.15, -0.1) is 5.10 Å². The Morgan fingerprint density at radius 2 is 2.38 bits per heavy atom. The number of aromatic nitrogens is 3. The van der Waals surface area contributed by atoms with E-state index in [9.17, 15) is 0 Å². The van der Waals surface area contributed by atoms with Crippen LogP contribution in [0.5, 0.6) is 0 Å². The zero-order valence-corrected chi connectivity index (χ0v) is 9.52. The summed E-state index contributed by atoms with van der Waals surface area (Å²) in [6, 6.07) is 3.61. The predicted molar refractivity (Wildman–Crippen MR) is 60.5 cm³/mol. The Balaban J connectivity index is 1.97. The maximum Gasteiger partial charge on any atom is 0.180 e. The van der Waals surface area contributed by atoms with Gasteiger partial charge in [0.1, 0.15) is 6.10 Å². The van der Waals surface area contributed by atoms with Crippen molar-refractivity contribution in [2.45, 2.75) is 25.4 Å². The first-order valence-electron chi connectivity index (χ1n) is 5.46. The van der Waals surface area contributed by atoms with Crippen molar-refractivity contribution in [1.29, 1.82) is 0 Å². The van der Waals surface area contributed by atoms with Crippen LogP contribution in [0.2, 0.25) is 5.02 Å². The molecular formula is C11H12ClN3O. The van der Waals surface area contributed by atoms with Gasteiger partial charge in [0.2, 0.25) is 0 Å². The molecule has 0 aromatic carbocycles. The molecule has 0 spiro atoms. The molecule has 1 unspecified atom stereocenters.